The van der Waals surface area contributed by atoms with Gasteiger partial charge in [0.05, 0.1) is 26.2 Å². The number of Topliss-reactive ketones (excluding diaryl/α,β-unsaturated/α-hetero) is 1. The first-order valence-electron chi connectivity index (χ1n) is 9.39. The summed E-state index contributed by atoms with van der Waals surface area (Å²) in [6.45, 7) is 8.58. The third-order valence-electron chi connectivity index (χ3n) is 5.34. The number of para-hydroxylation sites is 1. The molecule has 1 N–H and O–H groups in total. The van der Waals surface area contributed by atoms with Crippen molar-refractivity contribution >= 4 is 22.8 Å². The van der Waals surface area contributed by atoms with Crippen molar-refractivity contribution in [2.75, 3.05) is 37.6 Å². The molecule has 0 atom stereocenters. The van der Waals surface area contributed by atoms with Crippen molar-refractivity contribution in [3.05, 3.63) is 64.9 Å². The second-order valence-electron chi connectivity index (χ2n) is 7.11. The predicted octanol–water partition coefficient (Wildman–Crippen LogP) is 2.14. The fraction of sp³-hybridized carbons (Fsp3) is 0.333. The number of quaternary nitrogens is 1. The maximum Gasteiger partial charge on any atom is 0.218 e. The molecule has 0 aliphatic carbocycles. The van der Waals surface area contributed by atoms with Crippen LogP contribution >= 0.6 is 11.3 Å². The van der Waals surface area contributed by atoms with Gasteiger partial charge in [0.2, 0.25) is 5.78 Å². The Morgan fingerprint density at radius 2 is 1.93 bits per heavy atom. The van der Waals surface area contributed by atoms with Gasteiger partial charge in [0.25, 0.3) is 0 Å². The predicted molar refractivity (Wildman–Crippen MR) is 109 cm³/mol. The van der Waals surface area contributed by atoms with Crippen molar-refractivity contribution < 1.29 is 9.69 Å². The van der Waals surface area contributed by atoms with Gasteiger partial charge in [0.1, 0.15) is 6.54 Å². The first-order chi connectivity index (χ1) is 13.1. The van der Waals surface area contributed by atoms with E-state index in [-0.39, 0.29) is 5.78 Å². The molecule has 1 aliphatic heterocycles. The number of nitrogens with zero attached hydrogens (tertiary/aromatic N) is 3. The molecular formula is C21H25N4OS+. The van der Waals surface area contributed by atoms with Crippen molar-refractivity contribution in [2.45, 2.75) is 13.8 Å². The van der Waals surface area contributed by atoms with Gasteiger partial charge in [-0.25, -0.2) is 4.98 Å². The minimum absolute atomic E-state index is 0.231. The van der Waals surface area contributed by atoms with Gasteiger partial charge in [0, 0.05) is 34.2 Å². The van der Waals surface area contributed by atoms with Crippen LogP contribution in [0.3, 0.4) is 0 Å². The largest absolute Gasteiger partial charge is 0.360 e. The number of anilines is 1. The van der Waals surface area contributed by atoms with E-state index in [9.17, 15) is 4.79 Å². The van der Waals surface area contributed by atoms with Crippen LogP contribution in [0, 0.1) is 13.8 Å². The molecule has 4 rings (SSSR count). The quantitative estimate of drug-likeness (QED) is 0.689. The van der Waals surface area contributed by atoms with Crippen molar-refractivity contribution in [1.29, 1.82) is 0 Å². The van der Waals surface area contributed by atoms with Crippen LogP contribution in [0.5, 0.6) is 0 Å². The van der Waals surface area contributed by atoms with E-state index in [1.807, 2.05) is 31.4 Å². The molecule has 0 radical (unpaired) electrons. The number of piperazine rings is 1. The van der Waals surface area contributed by atoms with E-state index in [0.717, 1.165) is 48.3 Å². The zero-order chi connectivity index (χ0) is 18.8. The van der Waals surface area contributed by atoms with Crippen molar-refractivity contribution in [3.8, 4) is 5.13 Å². The lowest BCUT2D eigenvalue weighted by Crippen LogP contribution is -3.15. The molecule has 0 saturated carbocycles. The highest BCUT2D eigenvalue weighted by atomic mass is 32.1. The first kappa shape index (κ1) is 17.9. The number of benzene rings is 1. The summed E-state index contributed by atoms with van der Waals surface area (Å²) in [4.78, 5) is 21.1. The number of hydrogen-bond donors (Lipinski definition) is 1. The highest BCUT2D eigenvalue weighted by Gasteiger charge is 2.25. The van der Waals surface area contributed by atoms with Gasteiger partial charge in [-0.1, -0.05) is 18.2 Å². The third kappa shape index (κ3) is 3.68. The monoisotopic (exact) mass is 381 g/mol. The second kappa shape index (κ2) is 7.66. The molecular weight excluding hydrogens is 356 g/mol. The maximum absolute atomic E-state index is 13.0. The summed E-state index contributed by atoms with van der Waals surface area (Å²) in [5.41, 5.74) is 4.17. The van der Waals surface area contributed by atoms with Gasteiger partial charge in [-0.15, -0.1) is 11.3 Å². The Kier molecular flexibility index (Phi) is 5.09. The van der Waals surface area contributed by atoms with Crippen LogP contribution in [0.2, 0.25) is 0 Å². The van der Waals surface area contributed by atoms with E-state index in [0.29, 0.717) is 6.54 Å². The number of aromatic nitrogens is 2. The van der Waals surface area contributed by atoms with E-state index >= 15 is 0 Å². The third-order valence-corrected chi connectivity index (χ3v) is 6.10. The molecule has 1 aromatic carbocycles. The molecule has 1 saturated heterocycles. The van der Waals surface area contributed by atoms with Crippen LogP contribution in [-0.2, 0) is 0 Å². The summed E-state index contributed by atoms with van der Waals surface area (Å²) < 4.78 is 2.08. The number of carbonyl (C=O) groups is 1. The maximum atomic E-state index is 13.0. The molecule has 0 bridgehead atoms. The van der Waals surface area contributed by atoms with E-state index in [1.54, 1.807) is 17.5 Å². The molecule has 0 amide bonds. The highest BCUT2D eigenvalue weighted by molar-refractivity contribution is 7.12. The number of aryl methyl sites for hydroxylation is 1. The molecule has 0 unspecified atom stereocenters. The summed E-state index contributed by atoms with van der Waals surface area (Å²) in [6, 6.07) is 12.5. The number of ketones is 1. The van der Waals surface area contributed by atoms with Crippen LogP contribution in [0.15, 0.2) is 48.0 Å². The molecule has 1 fully saturated rings. The van der Waals surface area contributed by atoms with E-state index in [1.165, 1.54) is 10.6 Å². The van der Waals surface area contributed by atoms with E-state index < -0.39 is 0 Å². The molecule has 3 heterocycles. The Labute approximate surface area is 163 Å². The Morgan fingerprint density at radius 1 is 1.19 bits per heavy atom. The van der Waals surface area contributed by atoms with Crippen LogP contribution in [0.4, 0.5) is 5.69 Å². The number of nitrogens with one attached hydrogen (secondary N) is 1. The minimum atomic E-state index is 0.231. The van der Waals surface area contributed by atoms with Gasteiger partial charge in [-0.2, -0.15) is 0 Å². The van der Waals surface area contributed by atoms with Crippen LogP contribution in [0.1, 0.15) is 21.7 Å². The van der Waals surface area contributed by atoms with Gasteiger partial charge in [-0.05, 0) is 32.0 Å². The summed E-state index contributed by atoms with van der Waals surface area (Å²) in [5.74, 6) is 0.231. The topological polar surface area (TPSA) is 42.6 Å². The van der Waals surface area contributed by atoms with Crippen molar-refractivity contribution in [1.82, 2.24) is 9.55 Å². The van der Waals surface area contributed by atoms with Crippen LogP contribution < -0.4 is 9.80 Å². The molecule has 5 nitrogen and oxygen atoms in total. The zero-order valence-corrected chi connectivity index (χ0v) is 16.6. The first-order valence-corrected chi connectivity index (χ1v) is 10.3. The summed E-state index contributed by atoms with van der Waals surface area (Å²) in [7, 11) is 0. The van der Waals surface area contributed by atoms with Gasteiger partial charge >= 0.3 is 0 Å². The zero-order valence-electron chi connectivity index (χ0n) is 15.8. The molecule has 2 aromatic heterocycles. The Balaban J connectivity index is 1.41. The van der Waals surface area contributed by atoms with E-state index in [4.69, 9.17) is 0 Å². The normalized spacial score (nSPS) is 15.3. The van der Waals surface area contributed by atoms with Crippen molar-refractivity contribution in [2.24, 2.45) is 0 Å². The standard InChI is InChI=1S/C21H24N4OS/c1-16-14-19(17(2)25(16)21-22-8-13-27-21)20(26)15-23-9-11-24(12-10-23)18-6-4-3-5-7-18/h3-8,13-14H,9-12,15H2,1-2H3/p+1. The molecule has 27 heavy (non-hydrogen) atoms. The summed E-state index contributed by atoms with van der Waals surface area (Å²) in [5, 5.41) is 2.89. The Hall–Kier alpha value is -2.44. The molecule has 3 aromatic rings. The Bertz CT molecular complexity index is 909. The highest BCUT2D eigenvalue weighted by Crippen LogP contribution is 2.22. The van der Waals surface area contributed by atoms with Gasteiger partial charge < -0.3 is 9.80 Å². The lowest BCUT2D eigenvalue weighted by atomic mass is 10.1. The fourth-order valence-corrected chi connectivity index (χ4v) is 4.64. The smallest absolute Gasteiger partial charge is 0.218 e. The van der Waals surface area contributed by atoms with Gasteiger partial charge in [0.15, 0.2) is 5.13 Å². The van der Waals surface area contributed by atoms with Crippen molar-refractivity contribution in [3.63, 3.8) is 0 Å². The van der Waals surface area contributed by atoms with E-state index in [2.05, 4.69) is 38.7 Å². The average Bonchev–Trinajstić information content (AvgIpc) is 3.31. The number of thiazole rings is 1. The molecule has 6 heteroatoms. The summed E-state index contributed by atoms with van der Waals surface area (Å²) in [6.07, 6.45) is 1.80. The lowest BCUT2D eigenvalue weighted by molar-refractivity contribution is -0.892. The molecule has 0 spiro atoms. The fourth-order valence-electron chi connectivity index (χ4n) is 3.88. The van der Waals surface area contributed by atoms with Gasteiger partial charge in [-0.3, -0.25) is 9.36 Å². The number of carbonyl (C=O) groups excluding carboxylic acids is 1. The number of rotatable bonds is 5. The number of hydrogen-bond acceptors (Lipinski definition) is 4. The molecule has 1 aliphatic rings. The Morgan fingerprint density at radius 3 is 2.59 bits per heavy atom. The lowest BCUT2D eigenvalue weighted by Gasteiger charge is -2.33. The minimum Gasteiger partial charge on any atom is -0.360 e. The average molecular weight is 382 g/mol. The van der Waals surface area contributed by atoms with Crippen LogP contribution in [0.25, 0.3) is 5.13 Å². The molecule has 140 valence electrons. The second-order valence-corrected chi connectivity index (χ2v) is 7.98. The van der Waals surface area contributed by atoms with Crippen LogP contribution in [-0.4, -0.2) is 48.1 Å². The summed E-state index contributed by atoms with van der Waals surface area (Å²) >= 11 is 1.59. The SMILES string of the molecule is Cc1cc(C(=O)C[NH+]2CCN(c3ccccc3)CC2)c(C)n1-c1nccs1.